The molecule has 0 aliphatic carbocycles. The Hall–Kier alpha value is -6.78. The number of morpholine rings is 1. The molecule has 1 fully saturated rings. The van der Waals surface area contributed by atoms with Crippen LogP contribution in [0.5, 0.6) is 0 Å². The maximum atomic E-state index is 12.7. The Balaban J connectivity index is 1.15. The highest BCUT2D eigenvalue weighted by Crippen LogP contribution is 2.29. The number of ether oxygens (including phenoxy) is 1. The summed E-state index contributed by atoms with van der Waals surface area (Å²) in [5, 5.41) is 15.0. The van der Waals surface area contributed by atoms with E-state index in [0.29, 0.717) is 32.3 Å². The van der Waals surface area contributed by atoms with Gasteiger partial charge in [0.25, 0.3) is 20.2 Å². The van der Waals surface area contributed by atoms with Crippen LogP contribution >= 0.6 is 0 Å². The van der Waals surface area contributed by atoms with Gasteiger partial charge in [-0.1, -0.05) is 60.7 Å². The molecule has 0 spiro atoms. The standard InChI is InChI=1S/C37H36N12O7S2/c1-38-32-43-33(39-26-8-4-2-5-9-26)45-34(44-32)41-28-16-14-24(30(22-28)57(50,51)52)12-13-25-15-17-29(23-31(25)58(53,54)55)42-36-46-35(40-27-10-6-3-7-11-27)47-37(48-36)49-18-20-56-21-19-49/h2-17,22-23H,18-21H2,1H3,(H,50,51,52)(H,53,54,55)(H2,40,42,46,47,48)(H3,38,39,41,43,44,45)/b13-12+. The molecule has 0 amide bonds. The molecule has 7 N–H and O–H groups in total. The molecular weight excluding hydrogens is 789 g/mol. The molecule has 7 rings (SSSR count). The second-order valence-corrected chi connectivity index (χ2v) is 15.2. The van der Waals surface area contributed by atoms with E-state index >= 15 is 0 Å². The lowest BCUT2D eigenvalue weighted by atomic mass is 10.1. The van der Waals surface area contributed by atoms with E-state index in [1.807, 2.05) is 65.6 Å². The minimum Gasteiger partial charge on any atom is -0.378 e. The molecule has 1 aliphatic rings. The minimum absolute atomic E-state index is 0.00815. The van der Waals surface area contributed by atoms with E-state index in [1.54, 1.807) is 7.05 Å². The Kier molecular flexibility index (Phi) is 11.7. The summed E-state index contributed by atoms with van der Waals surface area (Å²) in [7, 11) is -8.01. The summed E-state index contributed by atoms with van der Waals surface area (Å²) >= 11 is 0. The van der Waals surface area contributed by atoms with Gasteiger partial charge in [-0.3, -0.25) is 9.11 Å². The number of anilines is 10. The second-order valence-electron chi connectivity index (χ2n) is 12.5. The predicted octanol–water partition coefficient (Wildman–Crippen LogP) is 5.57. The van der Waals surface area contributed by atoms with Gasteiger partial charge in [-0.25, -0.2) is 0 Å². The average Bonchev–Trinajstić information content (AvgIpc) is 3.21. The number of nitrogens with zero attached hydrogens (tertiary/aromatic N) is 7. The topological polar surface area (TPSA) is 259 Å². The lowest BCUT2D eigenvalue weighted by molar-refractivity contribution is 0.122. The molecule has 4 aromatic carbocycles. The first kappa shape index (κ1) is 39.5. The van der Waals surface area contributed by atoms with Crippen molar-refractivity contribution in [2.45, 2.75) is 9.79 Å². The van der Waals surface area contributed by atoms with Crippen molar-refractivity contribution < 1.29 is 30.7 Å². The van der Waals surface area contributed by atoms with Gasteiger partial charge < -0.3 is 36.2 Å². The number of hydrogen-bond donors (Lipinski definition) is 7. The molecule has 0 bridgehead atoms. The smallest absolute Gasteiger partial charge is 0.295 e. The maximum Gasteiger partial charge on any atom is 0.295 e. The first-order valence-corrected chi connectivity index (χ1v) is 20.4. The van der Waals surface area contributed by atoms with Crippen molar-refractivity contribution in [3.05, 3.63) is 108 Å². The molecule has 0 saturated carbocycles. The third-order valence-corrected chi connectivity index (χ3v) is 10.2. The summed E-state index contributed by atoms with van der Waals surface area (Å²) in [6.45, 7) is 2.07. The molecule has 3 heterocycles. The molecule has 1 saturated heterocycles. The highest BCUT2D eigenvalue weighted by Gasteiger charge is 2.20. The van der Waals surface area contributed by atoms with Crippen molar-refractivity contribution in [2.24, 2.45) is 0 Å². The van der Waals surface area contributed by atoms with Crippen molar-refractivity contribution in [3.63, 3.8) is 0 Å². The van der Waals surface area contributed by atoms with Crippen LogP contribution in [0.2, 0.25) is 0 Å². The van der Waals surface area contributed by atoms with E-state index < -0.39 is 30.0 Å². The quantitative estimate of drug-likeness (QED) is 0.0523. The zero-order valence-corrected chi connectivity index (χ0v) is 32.2. The SMILES string of the molecule is CNc1nc(Nc2ccccc2)nc(Nc2ccc(/C=C/c3ccc(Nc4nc(Nc5ccccc5)nc(N5CCOCC5)n4)cc3S(=O)(=O)O)c(S(=O)(=O)O)c2)n1. The van der Waals surface area contributed by atoms with Crippen LogP contribution in [0.25, 0.3) is 12.2 Å². The van der Waals surface area contributed by atoms with Crippen molar-refractivity contribution in [1.82, 2.24) is 29.9 Å². The molecule has 19 nitrogen and oxygen atoms in total. The fraction of sp³-hybridized carbons (Fsp3) is 0.135. The maximum absolute atomic E-state index is 12.7. The van der Waals surface area contributed by atoms with Gasteiger partial charge in [0, 0.05) is 42.9 Å². The average molecular weight is 825 g/mol. The van der Waals surface area contributed by atoms with Crippen LogP contribution in [0.15, 0.2) is 107 Å². The van der Waals surface area contributed by atoms with Gasteiger partial charge in [0.05, 0.1) is 13.2 Å². The largest absolute Gasteiger partial charge is 0.378 e. The van der Waals surface area contributed by atoms with Crippen LogP contribution < -0.4 is 31.5 Å². The summed E-state index contributed by atoms with van der Waals surface area (Å²) in [4.78, 5) is 27.4. The van der Waals surface area contributed by atoms with Crippen molar-refractivity contribution in [2.75, 3.05) is 64.8 Å². The zero-order chi connectivity index (χ0) is 40.7. The van der Waals surface area contributed by atoms with E-state index in [2.05, 4.69) is 56.5 Å². The number of hydrogen-bond acceptors (Lipinski definition) is 17. The minimum atomic E-state index is -4.82. The first-order chi connectivity index (χ1) is 27.9. The third-order valence-electron chi connectivity index (χ3n) is 8.37. The third kappa shape index (κ3) is 10.1. The number of para-hydroxylation sites is 2. The van der Waals surface area contributed by atoms with Crippen LogP contribution in [-0.4, -0.2) is 89.2 Å². The van der Waals surface area contributed by atoms with E-state index in [1.165, 1.54) is 48.6 Å². The Morgan fingerprint density at radius 2 is 0.948 bits per heavy atom. The van der Waals surface area contributed by atoms with Gasteiger partial charge in [-0.05, 0) is 59.7 Å². The van der Waals surface area contributed by atoms with Crippen LogP contribution in [-0.2, 0) is 25.0 Å². The molecule has 0 atom stereocenters. The Morgan fingerprint density at radius 1 is 0.552 bits per heavy atom. The Morgan fingerprint density at radius 3 is 1.36 bits per heavy atom. The summed E-state index contributed by atoms with van der Waals surface area (Å²) in [5.74, 6) is 1.18. The van der Waals surface area contributed by atoms with E-state index in [9.17, 15) is 25.9 Å². The van der Waals surface area contributed by atoms with Gasteiger partial charge >= 0.3 is 0 Å². The molecule has 6 aromatic rings. The van der Waals surface area contributed by atoms with E-state index in [-0.39, 0.29) is 52.2 Å². The highest BCUT2D eigenvalue weighted by molar-refractivity contribution is 7.86. The normalized spacial score (nSPS) is 13.3. The predicted molar refractivity (Wildman–Crippen MR) is 220 cm³/mol. The first-order valence-electron chi connectivity index (χ1n) is 17.5. The van der Waals surface area contributed by atoms with Gasteiger partial charge in [-0.2, -0.15) is 46.7 Å². The number of nitrogens with one attached hydrogen (secondary N) is 5. The summed E-state index contributed by atoms with van der Waals surface area (Å²) in [5.41, 5.74) is 1.89. The number of rotatable bonds is 14. The van der Waals surface area contributed by atoms with Gasteiger partial charge in [0.2, 0.25) is 35.7 Å². The van der Waals surface area contributed by atoms with E-state index in [4.69, 9.17) is 4.74 Å². The van der Waals surface area contributed by atoms with Crippen LogP contribution in [0.3, 0.4) is 0 Å². The molecular formula is C37H36N12O7S2. The molecule has 0 unspecified atom stereocenters. The Bertz CT molecular complexity index is 2670. The fourth-order valence-corrected chi connectivity index (χ4v) is 7.09. The fourth-order valence-electron chi connectivity index (χ4n) is 5.67. The zero-order valence-electron chi connectivity index (χ0n) is 30.6. The molecule has 0 radical (unpaired) electrons. The summed E-state index contributed by atoms with van der Waals surface area (Å²) in [6, 6.07) is 26.6. The summed E-state index contributed by atoms with van der Waals surface area (Å²) in [6.07, 6.45) is 2.58. The van der Waals surface area contributed by atoms with Crippen LogP contribution in [0, 0.1) is 0 Å². The molecule has 298 valence electrons. The molecule has 21 heteroatoms. The van der Waals surface area contributed by atoms with Crippen molar-refractivity contribution in [1.29, 1.82) is 0 Å². The second kappa shape index (κ2) is 17.2. The number of benzene rings is 4. The van der Waals surface area contributed by atoms with Crippen molar-refractivity contribution >= 4 is 90.8 Å². The molecule has 2 aromatic heterocycles. The van der Waals surface area contributed by atoms with Crippen LogP contribution in [0.1, 0.15) is 11.1 Å². The highest BCUT2D eigenvalue weighted by atomic mass is 32.2. The van der Waals surface area contributed by atoms with E-state index in [0.717, 1.165) is 11.4 Å². The lowest BCUT2D eigenvalue weighted by Crippen LogP contribution is -2.37. The lowest BCUT2D eigenvalue weighted by Gasteiger charge is -2.27. The van der Waals surface area contributed by atoms with Crippen molar-refractivity contribution in [3.8, 4) is 0 Å². The van der Waals surface area contributed by atoms with Gasteiger partial charge in [0.15, 0.2) is 0 Å². The van der Waals surface area contributed by atoms with Crippen LogP contribution in [0.4, 0.5) is 58.4 Å². The number of aromatic nitrogens is 6. The summed E-state index contributed by atoms with van der Waals surface area (Å²) < 4.78 is 76.4. The molecule has 58 heavy (non-hydrogen) atoms. The van der Waals surface area contributed by atoms with Gasteiger partial charge in [0.1, 0.15) is 9.79 Å². The molecule has 1 aliphatic heterocycles. The van der Waals surface area contributed by atoms with Gasteiger partial charge in [-0.15, -0.1) is 0 Å². The monoisotopic (exact) mass is 824 g/mol. The Labute approximate surface area is 333 Å².